The molecule has 0 bridgehead atoms. The average molecular weight is 330 g/mol. The second-order valence-corrected chi connectivity index (χ2v) is 6.82. The highest BCUT2D eigenvalue weighted by Gasteiger charge is 2.20. The number of nitrogens with two attached hydrogens (primary N) is 1. The minimum absolute atomic E-state index is 0.492. The van der Waals surface area contributed by atoms with Gasteiger partial charge in [-0.15, -0.1) is 0 Å². The summed E-state index contributed by atoms with van der Waals surface area (Å²) in [6.07, 6.45) is 17.6. The Balaban J connectivity index is 3.18. The molecule has 0 fully saturated rings. The molecule has 0 spiro atoms. The Hall–Kier alpha value is -0.610. The maximum absolute atomic E-state index is 10.6. The Bertz CT molecular complexity index is 271. The van der Waals surface area contributed by atoms with E-state index >= 15 is 0 Å². The van der Waals surface area contributed by atoms with E-state index in [4.69, 9.17) is 10.8 Å². The summed E-state index contributed by atoms with van der Waals surface area (Å²) in [4.78, 5) is 10.6. The van der Waals surface area contributed by atoms with Crippen molar-refractivity contribution in [1.29, 1.82) is 0 Å². The molecular weight excluding hydrogens is 290 g/mol. The minimum Gasteiger partial charge on any atom is -0.480 e. The summed E-state index contributed by atoms with van der Waals surface area (Å²) >= 11 is 0. The predicted molar refractivity (Wildman–Crippen MR) is 96.5 cm³/mol. The average Bonchev–Trinajstić information content (AvgIpc) is 2.54. The van der Waals surface area contributed by atoms with Crippen LogP contribution in [0.3, 0.4) is 0 Å². The van der Waals surface area contributed by atoms with Gasteiger partial charge in [0.05, 0.1) is 6.10 Å². The van der Waals surface area contributed by atoms with Gasteiger partial charge in [-0.1, -0.05) is 96.8 Å². The van der Waals surface area contributed by atoms with E-state index in [-0.39, 0.29) is 0 Å². The van der Waals surface area contributed by atoms with Crippen LogP contribution < -0.4 is 5.73 Å². The first-order chi connectivity index (χ1) is 11.1. The van der Waals surface area contributed by atoms with Gasteiger partial charge in [0.2, 0.25) is 0 Å². The Kier molecular flexibility index (Phi) is 15.8. The maximum Gasteiger partial charge on any atom is 0.323 e. The van der Waals surface area contributed by atoms with Crippen LogP contribution in [-0.4, -0.2) is 28.3 Å². The van der Waals surface area contributed by atoms with Gasteiger partial charge >= 0.3 is 5.97 Å². The van der Waals surface area contributed by atoms with Crippen LogP contribution in [0.5, 0.6) is 0 Å². The molecule has 2 unspecified atom stereocenters. The van der Waals surface area contributed by atoms with Crippen LogP contribution in [-0.2, 0) is 4.79 Å². The molecular formula is C19H39NO3. The summed E-state index contributed by atoms with van der Waals surface area (Å²) in [6, 6.07) is -1.14. The number of aliphatic hydroxyl groups excluding tert-OH is 1. The zero-order valence-corrected chi connectivity index (χ0v) is 15.1. The highest BCUT2D eigenvalue weighted by Crippen LogP contribution is 2.14. The minimum atomic E-state index is -1.14. The Morgan fingerprint density at radius 2 is 1.13 bits per heavy atom. The van der Waals surface area contributed by atoms with Crippen molar-refractivity contribution in [2.24, 2.45) is 5.73 Å². The highest BCUT2D eigenvalue weighted by atomic mass is 16.4. The lowest BCUT2D eigenvalue weighted by Crippen LogP contribution is -2.41. The molecule has 0 aliphatic rings. The van der Waals surface area contributed by atoms with Crippen LogP contribution in [0.4, 0.5) is 0 Å². The number of aliphatic carboxylic acids is 1. The lowest BCUT2D eigenvalue weighted by Gasteiger charge is -2.14. The van der Waals surface area contributed by atoms with E-state index < -0.39 is 18.1 Å². The largest absolute Gasteiger partial charge is 0.480 e. The van der Waals surface area contributed by atoms with Gasteiger partial charge in [0.1, 0.15) is 6.04 Å². The molecule has 0 aromatic carbocycles. The highest BCUT2D eigenvalue weighted by molar-refractivity contribution is 5.73. The zero-order chi connectivity index (χ0) is 17.3. The van der Waals surface area contributed by atoms with Crippen LogP contribution >= 0.6 is 0 Å². The van der Waals surface area contributed by atoms with E-state index in [1.54, 1.807) is 0 Å². The molecule has 0 rings (SSSR count). The van der Waals surface area contributed by atoms with Crippen LogP contribution in [0.2, 0.25) is 0 Å². The van der Waals surface area contributed by atoms with Crippen molar-refractivity contribution in [3.05, 3.63) is 0 Å². The molecule has 4 heteroatoms. The second-order valence-electron chi connectivity index (χ2n) is 6.82. The van der Waals surface area contributed by atoms with Gasteiger partial charge in [0.25, 0.3) is 0 Å². The fourth-order valence-electron chi connectivity index (χ4n) is 2.89. The Labute approximate surface area is 142 Å². The Morgan fingerprint density at radius 1 is 0.783 bits per heavy atom. The van der Waals surface area contributed by atoms with Gasteiger partial charge in [0.15, 0.2) is 0 Å². The lowest BCUT2D eigenvalue weighted by molar-refractivity contribution is -0.141. The lowest BCUT2D eigenvalue weighted by atomic mass is 10.0. The summed E-state index contributed by atoms with van der Waals surface area (Å²) in [5.74, 6) is -1.12. The number of hydrogen-bond donors (Lipinski definition) is 3. The monoisotopic (exact) mass is 329 g/mol. The molecule has 0 saturated heterocycles. The van der Waals surface area contributed by atoms with Crippen molar-refractivity contribution in [1.82, 2.24) is 0 Å². The number of rotatable bonds is 17. The molecule has 138 valence electrons. The zero-order valence-electron chi connectivity index (χ0n) is 15.1. The summed E-state index contributed by atoms with van der Waals surface area (Å²) < 4.78 is 0. The smallest absolute Gasteiger partial charge is 0.323 e. The Morgan fingerprint density at radius 3 is 1.48 bits per heavy atom. The van der Waals surface area contributed by atoms with Crippen molar-refractivity contribution < 1.29 is 15.0 Å². The van der Waals surface area contributed by atoms with E-state index in [0.717, 1.165) is 12.8 Å². The SMILES string of the molecule is CCCCCCCCCCCCCCCCC(O)C(N)C(=O)O. The normalized spacial score (nSPS) is 13.9. The molecule has 4 N–H and O–H groups in total. The molecule has 23 heavy (non-hydrogen) atoms. The van der Waals surface area contributed by atoms with E-state index in [1.165, 1.54) is 77.0 Å². The van der Waals surface area contributed by atoms with Gasteiger partial charge in [0, 0.05) is 0 Å². The van der Waals surface area contributed by atoms with Crippen molar-refractivity contribution >= 4 is 5.97 Å². The first-order valence-electron chi connectivity index (χ1n) is 9.76. The molecule has 4 nitrogen and oxygen atoms in total. The van der Waals surface area contributed by atoms with E-state index in [9.17, 15) is 9.90 Å². The summed E-state index contributed by atoms with van der Waals surface area (Å²) in [6.45, 7) is 2.26. The number of aliphatic hydroxyl groups is 1. The van der Waals surface area contributed by atoms with Gasteiger partial charge in [-0.05, 0) is 6.42 Å². The third kappa shape index (κ3) is 14.7. The molecule has 0 saturated carbocycles. The molecule has 0 aliphatic heterocycles. The third-order valence-electron chi connectivity index (χ3n) is 4.55. The molecule has 2 atom stereocenters. The molecule has 0 aromatic heterocycles. The molecule has 0 amide bonds. The van der Waals surface area contributed by atoms with Crippen LogP contribution in [0, 0.1) is 0 Å². The van der Waals surface area contributed by atoms with Crippen LogP contribution in [0.15, 0.2) is 0 Å². The number of carboxylic acids is 1. The quantitative estimate of drug-likeness (QED) is 0.340. The van der Waals surface area contributed by atoms with Crippen molar-refractivity contribution in [2.75, 3.05) is 0 Å². The topological polar surface area (TPSA) is 83.5 Å². The first kappa shape index (κ1) is 22.4. The van der Waals surface area contributed by atoms with Gasteiger partial charge in [-0.2, -0.15) is 0 Å². The van der Waals surface area contributed by atoms with Gasteiger partial charge < -0.3 is 15.9 Å². The fraction of sp³-hybridized carbons (Fsp3) is 0.947. The van der Waals surface area contributed by atoms with Crippen molar-refractivity contribution in [2.45, 2.75) is 115 Å². The van der Waals surface area contributed by atoms with Gasteiger partial charge in [-0.3, -0.25) is 4.79 Å². The maximum atomic E-state index is 10.6. The van der Waals surface area contributed by atoms with Gasteiger partial charge in [-0.25, -0.2) is 0 Å². The van der Waals surface area contributed by atoms with E-state index in [1.807, 2.05) is 0 Å². The van der Waals surface area contributed by atoms with Crippen LogP contribution in [0.1, 0.15) is 103 Å². The molecule has 0 heterocycles. The standard InChI is InChI=1S/C19H39NO3/c1-2-3-4-5-6-7-8-9-10-11-12-13-14-15-16-17(21)18(20)19(22)23/h17-18,21H,2-16,20H2,1H3,(H,22,23). The van der Waals surface area contributed by atoms with E-state index in [0.29, 0.717) is 6.42 Å². The number of carboxylic acid groups (broad SMARTS) is 1. The number of hydrogen-bond acceptors (Lipinski definition) is 3. The predicted octanol–water partition coefficient (Wildman–Crippen LogP) is 4.63. The summed E-state index contributed by atoms with van der Waals surface area (Å²) in [5, 5.41) is 18.3. The summed E-state index contributed by atoms with van der Waals surface area (Å²) in [5.41, 5.74) is 5.36. The fourth-order valence-corrected chi connectivity index (χ4v) is 2.89. The second kappa shape index (κ2) is 16.3. The first-order valence-corrected chi connectivity index (χ1v) is 9.76. The van der Waals surface area contributed by atoms with Crippen molar-refractivity contribution in [3.63, 3.8) is 0 Å². The number of unbranched alkanes of at least 4 members (excludes halogenated alkanes) is 13. The molecule has 0 aliphatic carbocycles. The van der Waals surface area contributed by atoms with E-state index in [2.05, 4.69) is 6.92 Å². The third-order valence-corrected chi connectivity index (χ3v) is 4.55. The summed E-state index contributed by atoms with van der Waals surface area (Å²) in [7, 11) is 0. The number of carbonyl (C=O) groups is 1. The molecule has 0 aromatic rings. The molecule has 0 radical (unpaired) electrons. The van der Waals surface area contributed by atoms with Crippen molar-refractivity contribution in [3.8, 4) is 0 Å². The van der Waals surface area contributed by atoms with Crippen LogP contribution in [0.25, 0.3) is 0 Å².